The molecule has 1 rings (SSSR count). The first-order chi connectivity index (χ1) is 5.61. The van der Waals surface area contributed by atoms with E-state index in [4.69, 9.17) is 17.0 Å². The molecule has 1 aliphatic carbocycles. The summed E-state index contributed by atoms with van der Waals surface area (Å²) < 4.78 is 0. The van der Waals surface area contributed by atoms with Gasteiger partial charge in [-0.1, -0.05) is 37.1 Å². The molecule has 0 saturated carbocycles. The van der Waals surface area contributed by atoms with Crippen LogP contribution in [0.1, 0.15) is 27.2 Å². The monoisotopic (exact) mass is 282 g/mol. The maximum atomic E-state index is 4.93. The molecule has 68 valence electrons. The second-order valence-electron chi connectivity index (χ2n) is 3.10. The number of rotatable bonds is 1. The molecule has 0 unspecified atom stereocenters. The van der Waals surface area contributed by atoms with Gasteiger partial charge in [0, 0.05) is 0 Å². The fourth-order valence-corrected chi connectivity index (χ4v) is 1.09. The summed E-state index contributed by atoms with van der Waals surface area (Å²) in [5.41, 5.74) is 3.01. The summed E-state index contributed by atoms with van der Waals surface area (Å²) >= 11 is -0.826. The van der Waals surface area contributed by atoms with Crippen molar-refractivity contribution in [2.75, 3.05) is 0 Å². The summed E-state index contributed by atoms with van der Waals surface area (Å²) in [5.74, 6) is 0.735. The van der Waals surface area contributed by atoms with Crippen molar-refractivity contribution in [3.05, 3.63) is 23.3 Å². The predicted octanol–water partition coefficient (Wildman–Crippen LogP) is 4.30. The third-order valence-electron chi connectivity index (χ3n) is 1.81. The van der Waals surface area contributed by atoms with Gasteiger partial charge in [-0.25, -0.2) is 0 Å². The van der Waals surface area contributed by atoms with Gasteiger partial charge in [0.1, 0.15) is 0 Å². The van der Waals surface area contributed by atoms with Crippen LogP contribution in [0.15, 0.2) is 23.3 Å². The Labute approximate surface area is 93.7 Å². The molecule has 0 fully saturated rings. The maximum absolute atomic E-state index is 4.93. The van der Waals surface area contributed by atoms with E-state index in [0.717, 1.165) is 5.92 Å². The van der Waals surface area contributed by atoms with Gasteiger partial charge in [0.2, 0.25) is 0 Å². The third kappa shape index (κ3) is 5.57. The Morgan fingerprint density at radius 3 is 2.08 bits per heavy atom. The van der Waals surface area contributed by atoms with Crippen LogP contribution in [0.4, 0.5) is 0 Å². The molecular weight excluding hydrogens is 270 g/mol. The van der Waals surface area contributed by atoms with Crippen molar-refractivity contribution in [2.45, 2.75) is 27.2 Å². The molecule has 0 saturated heterocycles. The zero-order chi connectivity index (χ0) is 9.56. The van der Waals surface area contributed by atoms with E-state index < -0.39 is 20.8 Å². The zero-order valence-electron chi connectivity index (χ0n) is 7.70. The Morgan fingerprint density at radius 1 is 1.42 bits per heavy atom. The molecule has 0 spiro atoms. The molecule has 0 N–H and O–H groups in total. The SMILES string of the molecule is CC1=CCC(C(C)C)=C1.[Cl][Zr][Cl]. The van der Waals surface area contributed by atoms with E-state index >= 15 is 0 Å². The van der Waals surface area contributed by atoms with Crippen LogP contribution in [-0.2, 0) is 20.8 Å². The summed E-state index contributed by atoms with van der Waals surface area (Å²) in [6.07, 6.45) is 5.77. The summed E-state index contributed by atoms with van der Waals surface area (Å²) in [7, 11) is 9.87. The van der Waals surface area contributed by atoms with Crippen LogP contribution in [-0.4, -0.2) is 0 Å². The molecule has 0 aliphatic heterocycles. The van der Waals surface area contributed by atoms with Crippen LogP contribution >= 0.6 is 17.0 Å². The normalized spacial score (nSPS) is 14.8. The van der Waals surface area contributed by atoms with Crippen molar-refractivity contribution in [3.8, 4) is 0 Å². The molecule has 0 atom stereocenters. The molecule has 0 aromatic rings. The Balaban J connectivity index is 0.000000354. The third-order valence-corrected chi connectivity index (χ3v) is 1.81. The number of allylic oxidation sites excluding steroid dienone is 4. The summed E-state index contributed by atoms with van der Waals surface area (Å²) in [6, 6.07) is 0. The molecule has 0 heterocycles. The van der Waals surface area contributed by atoms with Crippen LogP contribution in [0, 0.1) is 5.92 Å². The molecule has 1 aliphatic rings. The van der Waals surface area contributed by atoms with E-state index in [-0.39, 0.29) is 0 Å². The van der Waals surface area contributed by atoms with Gasteiger partial charge < -0.3 is 0 Å². The van der Waals surface area contributed by atoms with E-state index in [0.29, 0.717) is 0 Å². The molecule has 0 nitrogen and oxygen atoms in total. The minimum absolute atomic E-state index is 0.735. The minimum atomic E-state index is -0.826. The van der Waals surface area contributed by atoms with Crippen LogP contribution in [0.25, 0.3) is 0 Å². The number of hydrogen-bond acceptors (Lipinski definition) is 0. The molecule has 3 heteroatoms. The van der Waals surface area contributed by atoms with Gasteiger partial charge in [0.05, 0.1) is 0 Å². The van der Waals surface area contributed by atoms with Gasteiger partial charge in [0.25, 0.3) is 0 Å². The van der Waals surface area contributed by atoms with E-state index in [2.05, 4.69) is 32.9 Å². The zero-order valence-corrected chi connectivity index (χ0v) is 11.7. The molecule has 0 radical (unpaired) electrons. The van der Waals surface area contributed by atoms with Gasteiger partial charge in [-0.3, -0.25) is 0 Å². The van der Waals surface area contributed by atoms with Crippen molar-refractivity contribution in [1.29, 1.82) is 0 Å². The Bertz CT molecular complexity index is 183. The van der Waals surface area contributed by atoms with E-state index in [1.165, 1.54) is 12.0 Å². The second kappa shape index (κ2) is 7.36. The van der Waals surface area contributed by atoms with E-state index in [9.17, 15) is 0 Å². The fourth-order valence-electron chi connectivity index (χ4n) is 1.09. The molecular formula is C9H14Cl2Zr. The first-order valence-electron chi connectivity index (χ1n) is 3.95. The van der Waals surface area contributed by atoms with Crippen LogP contribution in [0.2, 0.25) is 0 Å². The Kier molecular flexibility index (Phi) is 7.93. The predicted molar refractivity (Wildman–Crippen MR) is 53.0 cm³/mol. The standard InChI is InChI=1S/C9H14.2ClH.Zr/c1-7(2)9-5-4-8(3)6-9;;;/h4,6-7H,5H2,1-3H3;2*1H;/q;;;+2/p-2. The van der Waals surface area contributed by atoms with Crippen LogP contribution in [0.3, 0.4) is 0 Å². The van der Waals surface area contributed by atoms with Gasteiger partial charge in [0.15, 0.2) is 0 Å². The van der Waals surface area contributed by atoms with Gasteiger partial charge >= 0.3 is 37.9 Å². The number of halogens is 2. The van der Waals surface area contributed by atoms with Crippen LogP contribution < -0.4 is 0 Å². The van der Waals surface area contributed by atoms with Crippen molar-refractivity contribution >= 4 is 17.0 Å². The van der Waals surface area contributed by atoms with Crippen molar-refractivity contribution in [3.63, 3.8) is 0 Å². The topological polar surface area (TPSA) is 0 Å². The van der Waals surface area contributed by atoms with Crippen molar-refractivity contribution < 1.29 is 20.8 Å². The molecule has 0 amide bonds. The fraction of sp³-hybridized carbons (Fsp3) is 0.556. The van der Waals surface area contributed by atoms with Crippen molar-refractivity contribution in [1.82, 2.24) is 0 Å². The Morgan fingerprint density at radius 2 is 1.92 bits per heavy atom. The molecule has 0 aromatic heterocycles. The second-order valence-corrected chi connectivity index (χ2v) is 6.83. The number of hydrogen-bond donors (Lipinski definition) is 0. The van der Waals surface area contributed by atoms with E-state index in [1.807, 2.05) is 0 Å². The Hall–Kier alpha value is 0.943. The van der Waals surface area contributed by atoms with Gasteiger partial charge in [-0.05, 0) is 19.3 Å². The van der Waals surface area contributed by atoms with Crippen LogP contribution in [0.5, 0.6) is 0 Å². The molecule has 12 heavy (non-hydrogen) atoms. The average Bonchev–Trinajstić information content (AvgIpc) is 2.37. The average molecular weight is 284 g/mol. The van der Waals surface area contributed by atoms with Gasteiger partial charge in [-0.2, -0.15) is 0 Å². The summed E-state index contributed by atoms with van der Waals surface area (Å²) in [4.78, 5) is 0. The van der Waals surface area contributed by atoms with Crippen molar-refractivity contribution in [2.24, 2.45) is 5.92 Å². The summed E-state index contributed by atoms with van der Waals surface area (Å²) in [5, 5.41) is 0. The quantitative estimate of drug-likeness (QED) is 0.673. The first-order valence-corrected chi connectivity index (χ1v) is 10.3. The molecule has 0 aromatic carbocycles. The van der Waals surface area contributed by atoms with E-state index in [1.54, 1.807) is 5.57 Å². The summed E-state index contributed by atoms with van der Waals surface area (Å²) in [6.45, 7) is 6.66. The first kappa shape index (κ1) is 12.9. The van der Waals surface area contributed by atoms with Gasteiger partial charge in [-0.15, -0.1) is 0 Å². The molecule has 0 bridgehead atoms.